The first-order chi connectivity index (χ1) is 15.9. The highest BCUT2D eigenvalue weighted by molar-refractivity contribution is 7.89. The van der Waals surface area contributed by atoms with Crippen molar-refractivity contribution in [2.75, 3.05) is 53.1 Å². The Morgan fingerprint density at radius 3 is 2.58 bits per heavy atom. The van der Waals surface area contributed by atoms with Crippen LogP contribution < -0.4 is 14.2 Å². The molecule has 2 aromatic rings. The van der Waals surface area contributed by atoms with Crippen LogP contribution in [0.3, 0.4) is 0 Å². The Kier molecular flexibility index (Phi) is 7.06. The number of ether oxygens (including phenoxy) is 4. The summed E-state index contributed by atoms with van der Waals surface area (Å²) in [6, 6.07) is 11.9. The number of carbonyl (C=O) groups excluding carboxylic acids is 1. The molecule has 2 aliphatic heterocycles. The molecule has 1 saturated heterocycles. The molecule has 1 unspecified atom stereocenters. The molecule has 2 aromatic carbocycles. The van der Waals surface area contributed by atoms with Crippen molar-refractivity contribution in [3.05, 3.63) is 48.0 Å². The maximum absolute atomic E-state index is 13.3. The fourth-order valence-electron chi connectivity index (χ4n) is 3.87. The first-order valence-corrected chi connectivity index (χ1v) is 12.3. The molecular weight excluding hydrogens is 448 g/mol. The van der Waals surface area contributed by atoms with Gasteiger partial charge in [-0.05, 0) is 37.3 Å². The molecule has 2 heterocycles. The van der Waals surface area contributed by atoms with Crippen LogP contribution in [0.15, 0.2) is 47.4 Å². The maximum atomic E-state index is 13.3. The van der Waals surface area contributed by atoms with Crippen LogP contribution in [-0.2, 0) is 14.8 Å². The number of sulfonamides is 1. The quantitative estimate of drug-likeness (QED) is 0.603. The minimum absolute atomic E-state index is 0.0278. The molecule has 0 aromatic heterocycles. The summed E-state index contributed by atoms with van der Waals surface area (Å²) in [5.41, 5.74) is 0.265. The van der Waals surface area contributed by atoms with Gasteiger partial charge in [0.05, 0.1) is 26.9 Å². The zero-order valence-corrected chi connectivity index (χ0v) is 19.5. The summed E-state index contributed by atoms with van der Waals surface area (Å²) < 4.78 is 50.2. The number of fused-ring (bicyclic) bond motifs is 1. The number of likely N-dealkylation sites (N-methyl/N-ethyl adjacent to an activating group) is 1. The van der Waals surface area contributed by atoms with Gasteiger partial charge in [0.15, 0.2) is 17.6 Å². The summed E-state index contributed by atoms with van der Waals surface area (Å²) in [5, 5.41) is 0. The van der Waals surface area contributed by atoms with Crippen LogP contribution in [0.1, 0.15) is 17.3 Å². The molecule has 0 spiro atoms. The van der Waals surface area contributed by atoms with Gasteiger partial charge in [-0.3, -0.25) is 4.79 Å². The number of rotatable bonds is 7. The third-order valence-electron chi connectivity index (χ3n) is 5.66. The summed E-state index contributed by atoms with van der Waals surface area (Å²) in [6.45, 7) is 4.09. The average Bonchev–Trinajstić information content (AvgIpc) is 2.86. The largest absolute Gasteiger partial charge is 0.495 e. The Hall–Kier alpha value is -2.82. The number of para-hydroxylation sites is 2. The molecule has 1 atom stereocenters. The lowest BCUT2D eigenvalue weighted by molar-refractivity contribution is 0.0474. The smallest absolute Gasteiger partial charge is 0.254 e. The first kappa shape index (κ1) is 23.3. The van der Waals surface area contributed by atoms with E-state index < -0.39 is 10.0 Å². The van der Waals surface area contributed by atoms with Crippen molar-refractivity contribution in [1.82, 2.24) is 9.21 Å². The lowest BCUT2D eigenvalue weighted by atomic mass is 10.1. The third kappa shape index (κ3) is 4.92. The first-order valence-electron chi connectivity index (χ1n) is 10.9. The van der Waals surface area contributed by atoms with Crippen molar-refractivity contribution in [2.45, 2.75) is 17.9 Å². The Bertz CT molecular complexity index is 1100. The minimum atomic E-state index is -3.84. The Labute approximate surface area is 193 Å². The summed E-state index contributed by atoms with van der Waals surface area (Å²) in [6.07, 6.45) is -0.335. The highest BCUT2D eigenvalue weighted by Gasteiger charge is 2.31. The zero-order chi connectivity index (χ0) is 23.4. The zero-order valence-electron chi connectivity index (χ0n) is 18.7. The summed E-state index contributed by atoms with van der Waals surface area (Å²) in [5.74, 6) is 1.22. The van der Waals surface area contributed by atoms with Gasteiger partial charge in [-0.25, -0.2) is 8.42 Å². The number of amides is 1. The topological polar surface area (TPSA) is 94.6 Å². The number of benzene rings is 2. The molecule has 33 heavy (non-hydrogen) atoms. The molecule has 0 radical (unpaired) electrons. The van der Waals surface area contributed by atoms with E-state index in [0.29, 0.717) is 44.4 Å². The molecular formula is C23H28N2O7S. The highest BCUT2D eigenvalue weighted by Crippen LogP contribution is 2.32. The van der Waals surface area contributed by atoms with E-state index in [1.165, 1.54) is 23.5 Å². The summed E-state index contributed by atoms with van der Waals surface area (Å²) >= 11 is 0. The summed E-state index contributed by atoms with van der Waals surface area (Å²) in [7, 11) is -2.43. The third-order valence-corrected chi connectivity index (χ3v) is 7.58. The van der Waals surface area contributed by atoms with E-state index >= 15 is 0 Å². The number of methoxy groups -OCH3 is 1. The second-order valence-corrected chi connectivity index (χ2v) is 9.63. The van der Waals surface area contributed by atoms with Crippen molar-refractivity contribution >= 4 is 15.9 Å². The van der Waals surface area contributed by atoms with Gasteiger partial charge in [0.2, 0.25) is 10.0 Å². The highest BCUT2D eigenvalue weighted by atomic mass is 32.2. The normalized spacial score (nSPS) is 18.5. The van der Waals surface area contributed by atoms with Crippen molar-refractivity contribution in [1.29, 1.82) is 0 Å². The molecule has 10 heteroatoms. The lowest BCUT2D eigenvalue weighted by Gasteiger charge is -2.31. The Morgan fingerprint density at radius 1 is 1.15 bits per heavy atom. The fourth-order valence-corrected chi connectivity index (χ4v) is 5.46. The molecule has 2 aliphatic rings. The molecule has 4 rings (SSSR count). The standard InChI is InChI=1S/C23H28N2O7S/c1-3-24(15-18-16-31-19-6-4-5-7-20(19)32-18)23(26)17-8-9-21(29-2)22(14-17)33(27,28)25-10-12-30-13-11-25/h4-9,14,18H,3,10-13,15-16H2,1-2H3. The summed E-state index contributed by atoms with van der Waals surface area (Å²) in [4.78, 5) is 14.9. The predicted molar refractivity (Wildman–Crippen MR) is 121 cm³/mol. The van der Waals surface area contributed by atoms with Crippen LogP contribution in [0, 0.1) is 0 Å². The molecule has 9 nitrogen and oxygen atoms in total. The molecule has 1 fully saturated rings. The van der Waals surface area contributed by atoms with Gasteiger partial charge in [-0.2, -0.15) is 4.31 Å². The van der Waals surface area contributed by atoms with Gasteiger partial charge < -0.3 is 23.8 Å². The van der Waals surface area contributed by atoms with Gasteiger partial charge >= 0.3 is 0 Å². The van der Waals surface area contributed by atoms with Gasteiger partial charge in [0, 0.05) is 25.2 Å². The van der Waals surface area contributed by atoms with E-state index in [1.807, 2.05) is 31.2 Å². The number of morpholine rings is 1. The molecule has 178 valence electrons. The van der Waals surface area contributed by atoms with Gasteiger partial charge in [0.1, 0.15) is 17.3 Å². The second kappa shape index (κ2) is 9.98. The minimum Gasteiger partial charge on any atom is -0.495 e. The van der Waals surface area contributed by atoms with Gasteiger partial charge in [-0.1, -0.05) is 12.1 Å². The SMILES string of the molecule is CCN(CC1COc2ccccc2O1)C(=O)c1ccc(OC)c(S(=O)(=O)N2CCOCC2)c1. The van der Waals surface area contributed by atoms with E-state index in [4.69, 9.17) is 18.9 Å². The van der Waals surface area contributed by atoms with Crippen molar-refractivity contribution in [3.63, 3.8) is 0 Å². The van der Waals surface area contributed by atoms with Crippen molar-refractivity contribution in [3.8, 4) is 17.2 Å². The number of nitrogens with zero attached hydrogens (tertiary/aromatic N) is 2. The molecule has 0 saturated carbocycles. The van der Waals surface area contributed by atoms with Crippen LogP contribution in [0.5, 0.6) is 17.2 Å². The van der Waals surface area contributed by atoms with E-state index in [0.717, 1.165) is 0 Å². The van der Waals surface area contributed by atoms with Crippen molar-refractivity contribution < 1.29 is 32.2 Å². The van der Waals surface area contributed by atoms with E-state index in [9.17, 15) is 13.2 Å². The lowest BCUT2D eigenvalue weighted by Crippen LogP contribution is -2.43. The van der Waals surface area contributed by atoms with Crippen LogP contribution in [0.2, 0.25) is 0 Å². The number of hydrogen-bond donors (Lipinski definition) is 0. The molecule has 0 bridgehead atoms. The van der Waals surface area contributed by atoms with Crippen molar-refractivity contribution in [2.24, 2.45) is 0 Å². The second-order valence-electron chi connectivity index (χ2n) is 7.72. The van der Waals surface area contributed by atoms with E-state index in [1.54, 1.807) is 11.0 Å². The Morgan fingerprint density at radius 2 is 1.88 bits per heavy atom. The molecule has 0 N–H and O–H groups in total. The van der Waals surface area contributed by atoms with E-state index in [-0.39, 0.29) is 41.3 Å². The van der Waals surface area contributed by atoms with E-state index in [2.05, 4.69) is 0 Å². The van der Waals surface area contributed by atoms with Gasteiger partial charge in [-0.15, -0.1) is 0 Å². The number of hydrogen-bond acceptors (Lipinski definition) is 7. The molecule has 1 amide bonds. The monoisotopic (exact) mass is 476 g/mol. The molecule has 0 aliphatic carbocycles. The van der Waals surface area contributed by atoms with Crippen LogP contribution >= 0.6 is 0 Å². The Balaban J connectivity index is 1.55. The average molecular weight is 477 g/mol. The van der Waals surface area contributed by atoms with Crippen LogP contribution in [-0.4, -0.2) is 82.7 Å². The van der Waals surface area contributed by atoms with Crippen LogP contribution in [0.4, 0.5) is 0 Å². The van der Waals surface area contributed by atoms with Gasteiger partial charge in [0.25, 0.3) is 5.91 Å². The fraction of sp³-hybridized carbons (Fsp3) is 0.435. The maximum Gasteiger partial charge on any atom is 0.254 e. The van der Waals surface area contributed by atoms with Crippen LogP contribution in [0.25, 0.3) is 0 Å². The predicted octanol–water partition coefficient (Wildman–Crippen LogP) is 2.02. The number of carbonyl (C=O) groups is 1.